The molecule has 3 aromatic rings. The molecule has 1 amide bonds. The molecule has 0 unspecified atom stereocenters. The van der Waals surface area contributed by atoms with Gasteiger partial charge in [0.25, 0.3) is 5.91 Å². The number of rotatable bonds is 8. The molecular formula is C26H27Cl2NO5S. The Morgan fingerprint density at radius 3 is 2.26 bits per heavy atom. The number of hydrogen-bond acceptors (Lipinski definition) is 5. The van der Waals surface area contributed by atoms with E-state index >= 15 is 0 Å². The van der Waals surface area contributed by atoms with Crippen molar-refractivity contribution in [1.29, 1.82) is 0 Å². The Morgan fingerprint density at radius 1 is 1.03 bits per heavy atom. The van der Waals surface area contributed by atoms with Crippen LogP contribution in [-0.2, 0) is 16.4 Å². The van der Waals surface area contributed by atoms with Gasteiger partial charge in [-0.2, -0.15) is 0 Å². The molecule has 0 aliphatic carbocycles. The molecule has 9 heteroatoms. The van der Waals surface area contributed by atoms with Crippen LogP contribution in [0.5, 0.6) is 17.2 Å². The Kier molecular flexibility index (Phi) is 8.36. The van der Waals surface area contributed by atoms with Gasteiger partial charge < -0.3 is 14.4 Å². The molecule has 0 N–H and O–H groups in total. The molecule has 3 aromatic carbocycles. The van der Waals surface area contributed by atoms with E-state index in [2.05, 4.69) is 13.8 Å². The normalized spacial score (nSPS) is 11.4. The van der Waals surface area contributed by atoms with Crippen LogP contribution in [-0.4, -0.2) is 39.6 Å². The van der Waals surface area contributed by atoms with Crippen molar-refractivity contribution in [3.05, 3.63) is 81.3 Å². The lowest BCUT2D eigenvalue weighted by Crippen LogP contribution is -2.26. The molecule has 6 nitrogen and oxygen atoms in total. The van der Waals surface area contributed by atoms with Crippen molar-refractivity contribution in [2.24, 2.45) is 0 Å². The van der Waals surface area contributed by atoms with Crippen LogP contribution in [0.1, 0.15) is 41.3 Å². The molecule has 0 saturated carbocycles. The topological polar surface area (TPSA) is 72.9 Å². The summed E-state index contributed by atoms with van der Waals surface area (Å²) in [6, 6.07) is 14.7. The first-order valence-corrected chi connectivity index (χ1v) is 13.4. The molecule has 0 aliphatic heterocycles. The van der Waals surface area contributed by atoms with E-state index in [0.717, 1.165) is 17.6 Å². The fourth-order valence-corrected chi connectivity index (χ4v) is 4.66. The summed E-state index contributed by atoms with van der Waals surface area (Å²) in [6.07, 6.45) is 1.12. The lowest BCUT2D eigenvalue weighted by molar-refractivity contribution is 0.0785. The lowest BCUT2D eigenvalue weighted by atomic mass is 10.0. The number of sulfone groups is 1. The maximum Gasteiger partial charge on any atom is 0.253 e. The van der Waals surface area contributed by atoms with Crippen LogP contribution in [0, 0.1) is 0 Å². The van der Waals surface area contributed by atoms with E-state index in [1.165, 1.54) is 29.2 Å². The summed E-state index contributed by atoms with van der Waals surface area (Å²) in [5, 5.41) is 0.637. The number of methoxy groups -OCH3 is 1. The zero-order valence-electron chi connectivity index (χ0n) is 20.1. The third kappa shape index (κ3) is 6.28. The van der Waals surface area contributed by atoms with Crippen LogP contribution < -0.4 is 9.47 Å². The SMILES string of the molecule is COc1ccc(Oc2c(Cl)ccc(CN(C)C(=O)c3ccc(S(C)(=O)=O)cc3)c2Cl)cc1C(C)C. The highest BCUT2D eigenvalue weighted by Gasteiger charge is 2.19. The molecule has 0 atom stereocenters. The summed E-state index contributed by atoms with van der Waals surface area (Å²) >= 11 is 13.0. The quantitative estimate of drug-likeness (QED) is 0.325. The van der Waals surface area contributed by atoms with E-state index < -0.39 is 9.84 Å². The van der Waals surface area contributed by atoms with Gasteiger partial charge in [0.2, 0.25) is 0 Å². The van der Waals surface area contributed by atoms with Crippen molar-refractivity contribution in [1.82, 2.24) is 4.90 Å². The highest BCUT2D eigenvalue weighted by Crippen LogP contribution is 2.40. The Bertz CT molecular complexity index is 1340. The molecule has 186 valence electrons. The monoisotopic (exact) mass is 535 g/mol. The highest BCUT2D eigenvalue weighted by molar-refractivity contribution is 7.90. The van der Waals surface area contributed by atoms with Crippen molar-refractivity contribution in [3.63, 3.8) is 0 Å². The molecular weight excluding hydrogens is 509 g/mol. The molecule has 0 saturated heterocycles. The van der Waals surface area contributed by atoms with E-state index in [0.29, 0.717) is 32.7 Å². The largest absolute Gasteiger partial charge is 0.496 e. The minimum atomic E-state index is -3.34. The fraction of sp³-hybridized carbons (Fsp3) is 0.269. The van der Waals surface area contributed by atoms with Gasteiger partial charge in [0.15, 0.2) is 15.6 Å². The second-order valence-electron chi connectivity index (χ2n) is 8.47. The zero-order chi connectivity index (χ0) is 25.9. The Labute approximate surface area is 216 Å². The summed E-state index contributed by atoms with van der Waals surface area (Å²) < 4.78 is 34.8. The van der Waals surface area contributed by atoms with Crippen molar-refractivity contribution in [3.8, 4) is 17.2 Å². The van der Waals surface area contributed by atoms with Gasteiger partial charge in [-0.05, 0) is 60.0 Å². The molecule has 0 aliphatic rings. The van der Waals surface area contributed by atoms with Gasteiger partial charge in [-0.3, -0.25) is 4.79 Å². The number of nitrogens with zero attached hydrogens (tertiary/aromatic N) is 1. The predicted octanol–water partition coefficient (Wildman–Crippen LogP) is 6.59. The smallest absolute Gasteiger partial charge is 0.253 e. The Morgan fingerprint density at radius 2 is 1.69 bits per heavy atom. The average Bonchev–Trinajstić information content (AvgIpc) is 2.82. The van der Waals surface area contributed by atoms with Crippen LogP contribution in [0.4, 0.5) is 0 Å². The Hall–Kier alpha value is -2.74. The minimum Gasteiger partial charge on any atom is -0.496 e. The van der Waals surface area contributed by atoms with Crippen LogP contribution in [0.25, 0.3) is 0 Å². The van der Waals surface area contributed by atoms with Gasteiger partial charge in [0.1, 0.15) is 11.5 Å². The summed E-state index contributed by atoms with van der Waals surface area (Å²) in [5.41, 5.74) is 1.99. The minimum absolute atomic E-state index is 0.151. The van der Waals surface area contributed by atoms with Gasteiger partial charge in [0, 0.05) is 31.0 Å². The maximum atomic E-state index is 12.9. The van der Waals surface area contributed by atoms with Crippen molar-refractivity contribution >= 4 is 38.9 Å². The van der Waals surface area contributed by atoms with E-state index in [9.17, 15) is 13.2 Å². The number of carbonyl (C=O) groups is 1. The third-order valence-electron chi connectivity index (χ3n) is 5.46. The van der Waals surface area contributed by atoms with Gasteiger partial charge in [-0.15, -0.1) is 0 Å². The molecule has 35 heavy (non-hydrogen) atoms. The van der Waals surface area contributed by atoms with E-state index in [1.807, 2.05) is 12.1 Å². The van der Waals surface area contributed by atoms with Gasteiger partial charge in [-0.1, -0.05) is 43.1 Å². The third-order valence-corrected chi connectivity index (χ3v) is 7.30. The predicted molar refractivity (Wildman–Crippen MR) is 139 cm³/mol. The average molecular weight is 536 g/mol. The van der Waals surface area contributed by atoms with Crippen LogP contribution in [0.15, 0.2) is 59.5 Å². The van der Waals surface area contributed by atoms with E-state index in [4.69, 9.17) is 32.7 Å². The van der Waals surface area contributed by atoms with E-state index in [1.54, 1.807) is 32.4 Å². The van der Waals surface area contributed by atoms with Gasteiger partial charge in [0.05, 0.1) is 22.1 Å². The number of benzene rings is 3. The van der Waals surface area contributed by atoms with Crippen molar-refractivity contribution < 1.29 is 22.7 Å². The first-order valence-electron chi connectivity index (χ1n) is 10.8. The summed E-state index contributed by atoms with van der Waals surface area (Å²) in [5.74, 6) is 1.56. The van der Waals surface area contributed by atoms with Crippen LogP contribution >= 0.6 is 23.2 Å². The number of carbonyl (C=O) groups excluding carboxylic acids is 1. The van der Waals surface area contributed by atoms with Crippen molar-refractivity contribution in [2.75, 3.05) is 20.4 Å². The first kappa shape index (κ1) is 26.9. The number of ether oxygens (including phenoxy) is 2. The maximum absolute atomic E-state index is 12.9. The molecule has 0 bridgehead atoms. The Balaban J connectivity index is 1.83. The number of amides is 1. The molecule has 0 aromatic heterocycles. The highest BCUT2D eigenvalue weighted by atomic mass is 35.5. The van der Waals surface area contributed by atoms with E-state index in [-0.39, 0.29) is 23.3 Å². The standard InChI is InChI=1S/C26H27Cl2NO5S/c1-16(2)21-14-19(9-13-23(21)33-4)34-25-22(27)12-8-18(24(25)28)15-29(3)26(30)17-6-10-20(11-7-17)35(5,31)32/h6-14,16H,15H2,1-5H3. The van der Waals surface area contributed by atoms with Crippen molar-refractivity contribution in [2.45, 2.75) is 31.2 Å². The number of hydrogen-bond donors (Lipinski definition) is 0. The van der Waals surface area contributed by atoms with Crippen LogP contribution in [0.3, 0.4) is 0 Å². The molecule has 3 rings (SSSR count). The molecule has 0 heterocycles. The summed E-state index contributed by atoms with van der Waals surface area (Å²) in [4.78, 5) is 14.5. The zero-order valence-corrected chi connectivity index (χ0v) is 22.5. The first-order chi connectivity index (χ1) is 16.4. The molecule has 0 fully saturated rings. The second kappa shape index (κ2) is 10.9. The molecule has 0 spiro atoms. The lowest BCUT2D eigenvalue weighted by Gasteiger charge is -2.20. The van der Waals surface area contributed by atoms with Gasteiger partial charge >= 0.3 is 0 Å². The number of halogens is 2. The van der Waals surface area contributed by atoms with Gasteiger partial charge in [-0.25, -0.2) is 8.42 Å². The molecule has 0 radical (unpaired) electrons. The van der Waals surface area contributed by atoms with Crippen LogP contribution in [0.2, 0.25) is 10.0 Å². The fourth-order valence-electron chi connectivity index (χ4n) is 3.53. The summed E-state index contributed by atoms with van der Waals surface area (Å²) in [6.45, 7) is 4.31. The second-order valence-corrected chi connectivity index (χ2v) is 11.3. The summed E-state index contributed by atoms with van der Waals surface area (Å²) in [7, 11) is -0.0844.